The van der Waals surface area contributed by atoms with Crippen molar-refractivity contribution in [2.75, 3.05) is 11.5 Å². The lowest BCUT2D eigenvalue weighted by molar-refractivity contribution is 0.408. The highest BCUT2D eigenvalue weighted by atomic mass is 16.5. The number of para-hydroxylation sites is 8. The normalized spacial score (nSPS) is 10.4. The minimum atomic E-state index is 0.542. The van der Waals surface area contributed by atoms with Crippen LogP contribution < -0.4 is 30.4 Å². The molecule has 36 heavy (non-hydrogen) atoms. The molecule has 0 aromatic heterocycles. The van der Waals surface area contributed by atoms with Crippen LogP contribution >= 0.6 is 0 Å². The quantitative estimate of drug-likeness (QED) is 0.220. The van der Waals surface area contributed by atoms with Crippen LogP contribution in [0.5, 0.6) is 46.0 Å². The maximum Gasteiger partial charge on any atom is 0.170 e. The lowest BCUT2D eigenvalue weighted by Gasteiger charge is -2.15. The summed E-state index contributed by atoms with van der Waals surface area (Å²) in [6, 6.07) is 36.8. The molecule has 0 heterocycles. The first-order valence-electron chi connectivity index (χ1n) is 11.3. The number of benzene rings is 5. The van der Waals surface area contributed by atoms with E-state index in [0.717, 1.165) is 0 Å². The summed E-state index contributed by atoms with van der Waals surface area (Å²) in [6.45, 7) is 0. The molecule has 5 aromatic rings. The highest BCUT2D eigenvalue weighted by Crippen LogP contribution is 2.39. The molecule has 0 atom stereocenters. The summed E-state index contributed by atoms with van der Waals surface area (Å²) in [5.74, 6) is 4.44. The van der Waals surface area contributed by atoms with Gasteiger partial charge in [0.15, 0.2) is 34.5 Å². The molecule has 0 aliphatic rings. The Morgan fingerprint density at radius 2 is 0.667 bits per heavy atom. The highest BCUT2D eigenvalue weighted by Gasteiger charge is 2.12. The zero-order valence-electron chi connectivity index (χ0n) is 19.3. The maximum atomic E-state index is 6.15. The molecule has 0 unspecified atom stereocenters. The van der Waals surface area contributed by atoms with Crippen molar-refractivity contribution in [1.29, 1.82) is 0 Å². The second-order valence-corrected chi connectivity index (χ2v) is 7.85. The van der Waals surface area contributed by atoms with E-state index in [2.05, 4.69) is 0 Å². The predicted octanol–water partition coefficient (Wildman–Crippen LogP) is 8.02. The van der Waals surface area contributed by atoms with Crippen molar-refractivity contribution < 1.29 is 18.9 Å². The SMILES string of the molecule is Nc1ccccc1Oc1ccccc1Oc1cccc(Oc2ccccc2Oc2ccccc2N)c1. The zero-order chi connectivity index (χ0) is 24.7. The summed E-state index contributed by atoms with van der Waals surface area (Å²) in [4.78, 5) is 0. The lowest BCUT2D eigenvalue weighted by atomic mass is 10.2. The van der Waals surface area contributed by atoms with Crippen molar-refractivity contribution in [3.63, 3.8) is 0 Å². The summed E-state index contributed by atoms with van der Waals surface area (Å²) in [5.41, 5.74) is 13.2. The molecule has 0 aliphatic heterocycles. The van der Waals surface area contributed by atoms with Gasteiger partial charge >= 0.3 is 0 Å². The molecule has 0 bridgehead atoms. The van der Waals surface area contributed by atoms with E-state index in [1.165, 1.54) is 0 Å². The van der Waals surface area contributed by atoms with Gasteiger partial charge in [0.2, 0.25) is 0 Å². The van der Waals surface area contributed by atoms with Crippen molar-refractivity contribution in [3.8, 4) is 46.0 Å². The van der Waals surface area contributed by atoms with Crippen LogP contribution in [0.2, 0.25) is 0 Å². The van der Waals surface area contributed by atoms with Crippen molar-refractivity contribution in [2.45, 2.75) is 0 Å². The van der Waals surface area contributed by atoms with Crippen molar-refractivity contribution in [3.05, 3.63) is 121 Å². The second kappa shape index (κ2) is 10.4. The standard InChI is InChI=1S/C30H24N2O4/c31-23-12-1-3-14-25(23)35-29-18-7-5-16-27(29)33-21-10-9-11-22(20-21)34-28-17-6-8-19-30(28)36-26-15-4-2-13-24(26)32/h1-20H,31-32H2. The molecule has 0 saturated heterocycles. The highest BCUT2D eigenvalue weighted by molar-refractivity contribution is 5.57. The van der Waals surface area contributed by atoms with Gasteiger partial charge in [-0.1, -0.05) is 54.6 Å². The fourth-order valence-corrected chi connectivity index (χ4v) is 3.48. The largest absolute Gasteiger partial charge is 0.453 e. The molecular formula is C30H24N2O4. The smallest absolute Gasteiger partial charge is 0.170 e. The van der Waals surface area contributed by atoms with E-state index in [1.807, 2.05) is 103 Å². The number of rotatable bonds is 8. The third-order valence-corrected chi connectivity index (χ3v) is 5.24. The van der Waals surface area contributed by atoms with E-state index in [9.17, 15) is 0 Å². The molecule has 6 nitrogen and oxygen atoms in total. The Balaban J connectivity index is 1.35. The van der Waals surface area contributed by atoms with E-state index in [-0.39, 0.29) is 0 Å². The Morgan fingerprint density at radius 1 is 0.333 bits per heavy atom. The third kappa shape index (κ3) is 5.34. The fourth-order valence-electron chi connectivity index (χ4n) is 3.48. The first kappa shape index (κ1) is 22.7. The minimum Gasteiger partial charge on any atom is -0.453 e. The van der Waals surface area contributed by atoms with Crippen LogP contribution in [0.1, 0.15) is 0 Å². The van der Waals surface area contributed by atoms with Crippen molar-refractivity contribution >= 4 is 11.4 Å². The van der Waals surface area contributed by atoms with Crippen LogP contribution in [-0.2, 0) is 0 Å². The summed E-state index contributed by atoms with van der Waals surface area (Å²) in [7, 11) is 0. The van der Waals surface area contributed by atoms with E-state index in [4.69, 9.17) is 30.4 Å². The number of nitrogens with two attached hydrogens (primary N) is 2. The van der Waals surface area contributed by atoms with E-state index >= 15 is 0 Å². The van der Waals surface area contributed by atoms with Gasteiger partial charge in [-0.05, 0) is 60.7 Å². The van der Waals surface area contributed by atoms with Gasteiger partial charge in [-0.25, -0.2) is 0 Å². The molecule has 0 saturated carbocycles. The molecule has 0 radical (unpaired) electrons. The molecule has 178 valence electrons. The molecule has 5 aromatic carbocycles. The monoisotopic (exact) mass is 476 g/mol. The van der Waals surface area contributed by atoms with Gasteiger partial charge in [0, 0.05) is 6.07 Å². The topological polar surface area (TPSA) is 89.0 Å². The fraction of sp³-hybridized carbons (Fsp3) is 0. The molecule has 0 spiro atoms. The van der Waals surface area contributed by atoms with Gasteiger partial charge in [0.05, 0.1) is 11.4 Å². The Hall–Kier alpha value is -5.10. The second-order valence-electron chi connectivity index (χ2n) is 7.85. The Kier molecular flexibility index (Phi) is 6.58. The van der Waals surface area contributed by atoms with Crippen LogP contribution in [0.25, 0.3) is 0 Å². The van der Waals surface area contributed by atoms with Crippen LogP contribution in [-0.4, -0.2) is 0 Å². The number of ether oxygens (including phenoxy) is 4. The Labute approximate surface area is 209 Å². The van der Waals surface area contributed by atoms with Crippen LogP contribution in [0.3, 0.4) is 0 Å². The molecule has 5 rings (SSSR count). The zero-order valence-corrected chi connectivity index (χ0v) is 19.3. The molecule has 0 fully saturated rings. The number of anilines is 2. The van der Waals surface area contributed by atoms with Crippen molar-refractivity contribution in [2.24, 2.45) is 0 Å². The Bertz CT molecular complexity index is 1380. The van der Waals surface area contributed by atoms with Gasteiger partial charge in [0.1, 0.15) is 11.5 Å². The molecule has 4 N–H and O–H groups in total. The summed E-state index contributed by atoms with van der Waals surface area (Å²) in [6.07, 6.45) is 0. The summed E-state index contributed by atoms with van der Waals surface area (Å²) < 4.78 is 24.3. The third-order valence-electron chi connectivity index (χ3n) is 5.24. The van der Waals surface area contributed by atoms with Crippen LogP contribution in [0.15, 0.2) is 121 Å². The maximum absolute atomic E-state index is 6.15. The van der Waals surface area contributed by atoms with Crippen LogP contribution in [0, 0.1) is 0 Å². The van der Waals surface area contributed by atoms with Crippen molar-refractivity contribution in [1.82, 2.24) is 0 Å². The molecule has 0 amide bonds. The summed E-state index contributed by atoms with van der Waals surface area (Å²) >= 11 is 0. The van der Waals surface area contributed by atoms with Gasteiger partial charge in [-0.3, -0.25) is 0 Å². The Morgan fingerprint density at radius 3 is 1.06 bits per heavy atom. The number of nitrogen functional groups attached to an aromatic ring is 2. The molecule has 6 heteroatoms. The average molecular weight is 477 g/mol. The van der Waals surface area contributed by atoms with Gasteiger partial charge in [-0.2, -0.15) is 0 Å². The molecule has 0 aliphatic carbocycles. The first-order chi connectivity index (χ1) is 17.7. The minimum absolute atomic E-state index is 0.542. The summed E-state index contributed by atoms with van der Waals surface area (Å²) in [5, 5.41) is 0. The number of hydrogen-bond acceptors (Lipinski definition) is 6. The molecular weight excluding hydrogens is 452 g/mol. The van der Waals surface area contributed by atoms with Crippen LogP contribution in [0.4, 0.5) is 11.4 Å². The predicted molar refractivity (Wildman–Crippen MR) is 141 cm³/mol. The van der Waals surface area contributed by atoms with Gasteiger partial charge in [-0.15, -0.1) is 0 Å². The van der Waals surface area contributed by atoms with Gasteiger partial charge < -0.3 is 30.4 Å². The van der Waals surface area contributed by atoms with E-state index in [1.54, 1.807) is 18.2 Å². The first-order valence-corrected chi connectivity index (χ1v) is 11.3. The van der Waals surface area contributed by atoms with Gasteiger partial charge in [0.25, 0.3) is 0 Å². The number of hydrogen-bond donors (Lipinski definition) is 2. The average Bonchev–Trinajstić information content (AvgIpc) is 2.89. The lowest BCUT2D eigenvalue weighted by Crippen LogP contribution is -1.95. The van der Waals surface area contributed by atoms with E-state index in [0.29, 0.717) is 57.4 Å². The van der Waals surface area contributed by atoms with E-state index < -0.39 is 0 Å².